The van der Waals surface area contributed by atoms with Gasteiger partial charge in [0.2, 0.25) is 0 Å². The van der Waals surface area contributed by atoms with Crippen molar-refractivity contribution in [1.82, 2.24) is 19.5 Å². The minimum atomic E-state index is -3.45. The second kappa shape index (κ2) is 14.0. The van der Waals surface area contributed by atoms with E-state index in [0.717, 1.165) is 60.5 Å². The molecule has 64 heavy (non-hydrogen) atoms. The number of hydrogen-bond acceptors (Lipinski definition) is 4. The zero-order valence-electron chi connectivity index (χ0n) is 34.5. The summed E-state index contributed by atoms with van der Waals surface area (Å²) in [5.74, 6) is 1.84. The predicted octanol–water partition coefficient (Wildman–Crippen LogP) is 12.3. The second-order valence-electron chi connectivity index (χ2n) is 16.6. The molecule has 13 rings (SSSR count). The zero-order chi connectivity index (χ0) is 42.4. The van der Waals surface area contributed by atoms with E-state index in [-0.39, 0.29) is 0 Å². The number of fused-ring (bicyclic) bond motifs is 11. The fourth-order valence-electron chi connectivity index (χ4n) is 10.6. The zero-order valence-corrected chi connectivity index (χ0v) is 35.4. The van der Waals surface area contributed by atoms with E-state index >= 15 is 4.57 Å². The summed E-state index contributed by atoms with van der Waals surface area (Å²) in [6.07, 6.45) is 0. The Labute approximate surface area is 370 Å². The van der Waals surface area contributed by atoms with Crippen molar-refractivity contribution in [3.63, 3.8) is 0 Å². The molecule has 0 N–H and O–H groups in total. The molecular formula is C58H37N4OP. The molecule has 2 aromatic heterocycles. The minimum Gasteiger partial charge on any atom is -0.309 e. The van der Waals surface area contributed by atoms with Crippen molar-refractivity contribution in [1.29, 1.82) is 0 Å². The van der Waals surface area contributed by atoms with Crippen LogP contribution in [0.1, 0.15) is 22.3 Å². The van der Waals surface area contributed by atoms with E-state index in [1.807, 2.05) is 91.0 Å². The summed E-state index contributed by atoms with van der Waals surface area (Å²) in [5.41, 5.74) is 11.9. The molecule has 9 aromatic carbocycles. The first kappa shape index (κ1) is 36.7. The molecule has 2 aliphatic rings. The summed E-state index contributed by atoms with van der Waals surface area (Å²) in [6, 6.07) is 78.1. The Morgan fingerprint density at radius 3 is 1.58 bits per heavy atom. The lowest BCUT2D eigenvalue weighted by Crippen LogP contribution is -2.48. The van der Waals surface area contributed by atoms with Crippen LogP contribution in [0.2, 0.25) is 0 Å². The molecule has 0 saturated carbocycles. The van der Waals surface area contributed by atoms with Gasteiger partial charge in [-0.2, -0.15) is 0 Å². The van der Waals surface area contributed by atoms with E-state index in [4.69, 9.17) is 15.0 Å². The standard InChI is InChI=1S/C58H37N4OP/c63-64(43-21-8-3-9-22-43)52-30-15-12-26-47(52)58(46-25-11-14-29-51(46)62-50-28-13-10-23-44(50)45-24-16-27-49(58)54(45)62)48-36-35-42(37-53(48)64)38-31-33-41(34-32-38)57-60-55(39-17-4-1-5-18-39)59-56(61-57)40-19-6-2-7-20-40/h1-37H. The van der Waals surface area contributed by atoms with E-state index < -0.39 is 12.6 Å². The third-order valence-electron chi connectivity index (χ3n) is 13.3. The number of nitrogens with zero attached hydrogens (tertiary/aromatic N) is 4. The van der Waals surface area contributed by atoms with Crippen molar-refractivity contribution in [3.8, 4) is 51.0 Å². The molecule has 300 valence electrons. The van der Waals surface area contributed by atoms with Crippen molar-refractivity contribution in [2.75, 3.05) is 0 Å². The number of rotatable bonds is 5. The number of para-hydroxylation sites is 3. The molecule has 2 aliphatic heterocycles. The van der Waals surface area contributed by atoms with Gasteiger partial charge in [-0.05, 0) is 51.6 Å². The predicted molar refractivity (Wildman–Crippen MR) is 261 cm³/mol. The Balaban J connectivity index is 1.04. The van der Waals surface area contributed by atoms with Gasteiger partial charge in [0.15, 0.2) is 24.6 Å². The average Bonchev–Trinajstić information content (AvgIpc) is 3.72. The van der Waals surface area contributed by atoms with Crippen LogP contribution in [-0.4, -0.2) is 19.5 Å². The van der Waals surface area contributed by atoms with Crippen LogP contribution < -0.4 is 15.9 Å². The third kappa shape index (κ3) is 5.13. The molecule has 2 atom stereocenters. The topological polar surface area (TPSA) is 60.7 Å². The molecule has 6 heteroatoms. The second-order valence-corrected chi connectivity index (χ2v) is 19.3. The molecular weight excluding hydrogens is 800 g/mol. The fraction of sp³-hybridized carbons (Fsp3) is 0.0172. The molecule has 0 aliphatic carbocycles. The highest BCUT2D eigenvalue weighted by Crippen LogP contribution is 2.61. The molecule has 0 radical (unpaired) electrons. The lowest BCUT2D eigenvalue weighted by atomic mass is 9.62. The molecule has 1 spiro atoms. The van der Waals surface area contributed by atoms with Crippen LogP contribution in [-0.2, 0) is 9.98 Å². The lowest BCUT2D eigenvalue weighted by Gasteiger charge is -2.47. The van der Waals surface area contributed by atoms with Crippen molar-refractivity contribution in [2.24, 2.45) is 0 Å². The molecule has 0 bridgehead atoms. The Morgan fingerprint density at radius 2 is 0.875 bits per heavy atom. The minimum absolute atomic E-state index is 0.597. The van der Waals surface area contributed by atoms with Crippen LogP contribution in [0.15, 0.2) is 224 Å². The SMILES string of the molecule is O=P1(c2ccccc2)c2ccccc2C2(c3ccccc3-n3c4ccccc4c4cccc2c43)c2ccc(-c3ccc(-c4nc(-c5ccccc5)nc(-c5ccccc5)n4)cc3)cc21. The van der Waals surface area contributed by atoms with Gasteiger partial charge in [0.05, 0.1) is 22.1 Å². The van der Waals surface area contributed by atoms with Crippen LogP contribution in [0, 0.1) is 0 Å². The summed E-state index contributed by atoms with van der Waals surface area (Å²) >= 11 is 0. The highest BCUT2D eigenvalue weighted by Gasteiger charge is 2.54. The summed E-state index contributed by atoms with van der Waals surface area (Å²) < 4.78 is 19.2. The first-order valence-electron chi connectivity index (χ1n) is 21.6. The Hall–Kier alpha value is -7.98. The van der Waals surface area contributed by atoms with Crippen molar-refractivity contribution in [3.05, 3.63) is 247 Å². The quantitative estimate of drug-likeness (QED) is 0.162. The molecule has 2 unspecified atom stereocenters. The smallest absolute Gasteiger partial charge is 0.171 e. The van der Waals surface area contributed by atoms with Crippen LogP contribution >= 0.6 is 7.14 Å². The molecule has 4 heterocycles. The van der Waals surface area contributed by atoms with Crippen molar-refractivity contribution in [2.45, 2.75) is 5.41 Å². The van der Waals surface area contributed by atoms with Crippen LogP contribution in [0.4, 0.5) is 0 Å². The molecule has 11 aromatic rings. The highest BCUT2D eigenvalue weighted by molar-refractivity contribution is 7.85. The van der Waals surface area contributed by atoms with E-state index in [2.05, 4.69) is 138 Å². The van der Waals surface area contributed by atoms with Gasteiger partial charge in [-0.1, -0.05) is 206 Å². The molecule has 0 saturated heterocycles. The van der Waals surface area contributed by atoms with E-state index in [9.17, 15) is 0 Å². The summed E-state index contributed by atoms with van der Waals surface area (Å²) in [5, 5.41) is 4.97. The van der Waals surface area contributed by atoms with Gasteiger partial charge in [0.25, 0.3) is 0 Å². The Morgan fingerprint density at radius 1 is 0.375 bits per heavy atom. The molecule has 5 nitrogen and oxygen atoms in total. The fourth-order valence-corrected chi connectivity index (χ4v) is 13.8. The van der Waals surface area contributed by atoms with Crippen molar-refractivity contribution < 1.29 is 4.57 Å². The van der Waals surface area contributed by atoms with E-state index in [1.165, 1.54) is 32.9 Å². The number of hydrogen-bond donors (Lipinski definition) is 0. The first-order chi connectivity index (χ1) is 31.6. The van der Waals surface area contributed by atoms with Crippen LogP contribution in [0.3, 0.4) is 0 Å². The first-order valence-corrected chi connectivity index (χ1v) is 23.3. The van der Waals surface area contributed by atoms with E-state index in [1.54, 1.807) is 0 Å². The van der Waals surface area contributed by atoms with Gasteiger partial charge in [-0.3, -0.25) is 0 Å². The summed E-state index contributed by atoms with van der Waals surface area (Å²) in [6.45, 7) is 0. The largest absolute Gasteiger partial charge is 0.309 e. The normalized spacial score (nSPS) is 16.9. The van der Waals surface area contributed by atoms with Gasteiger partial charge in [0, 0.05) is 43.4 Å². The van der Waals surface area contributed by atoms with Crippen molar-refractivity contribution >= 4 is 44.9 Å². The molecule has 0 amide bonds. The average molecular weight is 837 g/mol. The van der Waals surface area contributed by atoms with Gasteiger partial charge in [-0.25, -0.2) is 15.0 Å². The summed E-state index contributed by atoms with van der Waals surface area (Å²) in [7, 11) is -3.45. The van der Waals surface area contributed by atoms with Crippen LogP contribution in [0.25, 0.3) is 72.8 Å². The van der Waals surface area contributed by atoms with Gasteiger partial charge in [0.1, 0.15) is 0 Å². The Kier molecular flexibility index (Phi) is 8.03. The van der Waals surface area contributed by atoms with Gasteiger partial charge < -0.3 is 9.13 Å². The maximum atomic E-state index is 16.7. The van der Waals surface area contributed by atoms with E-state index in [0.29, 0.717) is 17.5 Å². The number of benzene rings is 9. The van der Waals surface area contributed by atoms with Crippen LogP contribution in [0.5, 0.6) is 0 Å². The summed E-state index contributed by atoms with van der Waals surface area (Å²) in [4.78, 5) is 14.9. The van der Waals surface area contributed by atoms with Gasteiger partial charge in [-0.15, -0.1) is 0 Å². The maximum Gasteiger partial charge on any atom is 0.171 e. The Bertz CT molecular complexity index is 3640. The maximum absolute atomic E-state index is 16.7. The number of aromatic nitrogens is 4. The third-order valence-corrected chi connectivity index (χ3v) is 16.5. The van der Waals surface area contributed by atoms with Gasteiger partial charge >= 0.3 is 0 Å². The monoisotopic (exact) mass is 836 g/mol. The highest BCUT2D eigenvalue weighted by atomic mass is 31.2. The lowest BCUT2D eigenvalue weighted by molar-refractivity contribution is 0.590. The molecule has 0 fully saturated rings.